The first-order chi connectivity index (χ1) is 16.1. The van der Waals surface area contributed by atoms with Gasteiger partial charge < -0.3 is 14.4 Å². The van der Waals surface area contributed by atoms with Gasteiger partial charge in [0.05, 0.1) is 25.5 Å². The van der Waals surface area contributed by atoms with Gasteiger partial charge in [0, 0.05) is 24.7 Å². The largest absolute Gasteiger partial charge is 0.497 e. The molecule has 7 nitrogen and oxygen atoms in total. The van der Waals surface area contributed by atoms with Crippen LogP contribution >= 0.6 is 11.3 Å². The molecule has 0 spiro atoms. The lowest BCUT2D eigenvalue weighted by Crippen LogP contribution is -2.24. The maximum absolute atomic E-state index is 13.6. The summed E-state index contributed by atoms with van der Waals surface area (Å²) in [5.41, 5.74) is 2.27. The number of halogens is 1. The summed E-state index contributed by atoms with van der Waals surface area (Å²) in [7, 11) is 3.16. The second kappa shape index (κ2) is 8.82. The van der Waals surface area contributed by atoms with Gasteiger partial charge in [0.1, 0.15) is 23.0 Å². The first-order valence-corrected chi connectivity index (χ1v) is 11.5. The Labute approximate surface area is 194 Å². The van der Waals surface area contributed by atoms with E-state index in [-0.39, 0.29) is 17.9 Å². The van der Waals surface area contributed by atoms with E-state index in [9.17, 15) is 9.18 Å². The summed E-state index contributed by atoms with van der Waals surface area (Å²) in [4.78, 5) is 20.3. The number of anilines is 1. The minimum atomic E-state index is -0.325. The molecular formula is C24H23FN4O3S. The van der Waals surface area contributed by atoms with Crippen LogP contribution in [0.4, 0.5) is 9.52 Å². The first-order valence-electron chi connectivity index (χ1n) is 10.7. The van der Waals surface area contributed by atoms with E-state index in [4.69, 9.17) is 19.6 Å². The van der Waals surface area contributed by atoms with Crippen molar-refractivity contribution >= 4 is 26.7 Å². The molecule has 0 saturated carbocycles. The molecule has 0 aliphatic carbocycles. The molecule has 9 heteroatoms. The third-order valence-corrected chi connectivity index (χ3v) is 6.85. The topological polar surface area (TPSA) is 69.5 Å². The molecule has 3 heterocycles. The van der Waals surface area contributed by atoms with Gasteiger partial charge in [-0.15, -0.1) is 0 Å². The molecule has 33 heavy (non-hydrogen) atoms. The number of fused-ring (bicyclic) bond motifs is 1. The molecule has 1 aliphatic rings. The maximum atomic E-state index is 13.6. The summed E-state index contributed by atoms with van der Waals surface area (Å²) < 4.78 is 26.4. The zero-order chi connectivity index (χ0) is 22.9. The quantitative estimate of drug-likeness (QED) is 0.422. The van der Waals surface area contributed by atoms with Gasteiger partial charge in [-0.05, 0) is 54.8 Å². The highest BCUT2D eigenvalue weighted by molar-refractivity contribution is 7.22. The SMILES string of the molecule is COc1cc(Cn2nc(-c3ccc(F)cc3)c3sc(N4CCCC4)nc3c2=O)cc(OC)c1. The van der Waals surface area contributed by atoms with Crippen LogP contribution in [-0.4, -0.2) is 42.1 Å². The fourth-order valence-corrected chi connectivity index (χ4v) is 5.14. The van der Waals surface area contributed by atoms with Crippen LogP contribution < -0.4 is 19.9 Å². The van der Waals surface area contributed by atoms with Gasteiger partial charge in [0.25, 0.3) is 5.56 Å². The summed E-state index contributed by atoms with van der Waals surface area (Å²) >= 11 is 1.47. The highest BCUT2D eigenvalue weighted by atomic mass is 32.1. The lowest BCUT2D eigenvalue weighted by Gasteiger charge is -2.11. The van der Waals surface area contributed by atoms with Gasteiger partial charge in [0.2, 0.25) is 0 Å². The highest BCUT2D eigenvalue weighted by Gasteiger charge is 2.22. The predicted molar refractivity (Wildman–Crippen MR) is 127 cm³/mol. The molecule has 1 aliphatic heterocycles. The van der Waals surface area contributed by atoms with Crippen LogP contribution in [0.5, 0.6) is 11.5 Å². The minimum Gasteiger partial charge on any atom is -0.497 e. The molecule has 0 N–H and O–H groups in total. The molecular weight excluding hydrogens is 443 g/mol. The molecule has 2 aromatic carbocycles. The number of nitrogens with zero attached hydrogens (tertiary/aromatic N) is 4. The third kappa shape index (κ3) is 4.16. The Bertz CT molecular complexity index is 1340. The number of ether oxygens (including phenoxy) is 2. The van der Waals surface area contributed by atoms with Gasteiger partial charge in [0.15, 0.2) is 10.6 Å². The number of thiazole rings is 1. The number of hydrogen-bond donors (Lipinski definition) is 0. The second-order valence-corrected chi connectivity index (χ2v) is 8.89. The van der Waals surface area contributed by atoms with Gasteiger partial charge in [-0.1, -0.05) is 11.3 Å². The van der Waals surface area contributed by atoms with Crippen LogP contribution in [-0.2, 0) is 6.54 Å². The summed E-state index contributed by atoms with van der Waals surface area (Å²) in [5, 5.41) is 5.52. The number of hydrogen-bond acceptors (Lipinski definition) is 7. The monoisotopic (exact) mass is 466 g/mol. The fourth-order valence-electron chi connectivity index (χ4n) is 4.03. The van der Waals surface area contributed by atoms with Gasteiger partial charge in [-0.3, -0.25) is 4.79 Å². The zero-order valence-corrected chi connectivity index (χ0v) is 19.2. The van der Waals surface area contributed by atoms with Gasteiger partial charge in [-0.25, -0.2) is 14.1 Å². The summed E-state index contributed by atoms with van der Waals surface area (Å²) in [6.45, 7) is 2.07. The Kier molecular flexibility index (Phi) is 5.72. The molecule has 1 fully saturated rings. The molecule has 4 aromatic rings. The van der Waals surface area contributed by atoms with Crippen LogP contribution in [0.3, 0.4) is 0 Å². The molecule has 0 atom stereocenters. The molecule has 0 amide bonds. The van der Waals surface area contributed by atoms with Crippen molar-refractivity contribution in [1.29, 1.82) is 0 Å². The third-order valence-electron chi connectivity index (χ3n) is 5.73. The van der Waals surface area contributed by atoms with Crippen LogP contribution in [0.25, 0.3) is 21.5 Å². The minimum absolute atomic E-state index is 0.215. The van der Waals surface area contributed by atoms with Gasteiger partial charge >= 0.3 is 0 Å². The van der Waals surface area contributed by atoms with E-state index in [0.717, 1.165) is 42.2 Å². The summed E-state index contributed by atoms with van der Waals surface area (Å²) in [6, 6.07) is 11.6. The van der Waals surface area contributed by atoms with Crippen molar-refractivity contribution in [2.45, 2.75) is 19.4 Å². The number of aromatic nitrogens is 3. The Morgan fingerprint density at radius 1 is 1.03 bits per heavy atom. The maximum Gasteiger partial charge on any atom is 0.294 e. The second-order valence-electron chi connectivity index (χ2n) is 7.91. The molecule has 5 rings (SSSR count). The van der Waals surface area contributed by atoms with Crippen LogP contribution in [0.15, 0.2) is 47.3 Å². The molecule has 2 aromatic heterocycles. The Balaban J connectivity index is 1.66. The van der Waals surface area contributed by atoms with Crippen LogP contribution in [0.1, 0.15) is 18.4 Å². The standard InChI is InChI=1S/C24H23FN4O3S/c1-31-18-11-15(12-19(13-18)32-2)14-29-23(30)21-22(33-24(26-21)28-9-3-4-10-28)20(27-29)16-5-7-17(25)8-6-16/h5-8,11-13H,3-4,9-10,14H2,1-2H3. The average molecular weight is 467 g/mol. The zero-order valence-electron chi connectivity index (χ0n) is 18.4. The molecule has 0 bridgehead atoms. The lowest BCUT2D eigenvalue weighted by atomic mass is 10.1. The van der Waals surface area contributed by atoms with Crippen LogP contribution in [0.2, 0.25) is 0 Å². The normalized spacial score (nSPS) is 13.6. The Morgan fingerprint density at radius 3 is 2.33 bits per heavy atom. The first kappa shape index (κ1) is 21.4. The van der Waals surface area contributed by atoms with Crippen molar-refractivity contribution in [1.82, 2.24) is 14.8 Å². The summed E-state index contributed by atoms with van der Waals surface area (Å²) in [5.74, 6) is 0.929. The Morgan fingerprint density at radius 2 is 1.70 bits per heavy atom. The average Bonchev–Trinajstić information content (AvgIpc) is 3.52. The van der Waals surface area contributed by atoms with Crippen molar-refractivity contribution in [3.05, 3.63) is 64.2 Å². The lowest BCUT2D eigenvalue weighted by molar-refractivity contribution is 0.393. The van der Waals surface area contributed by atoms with Gasteiger partial charge in [-0.2, -0.15) is 5.10 Å². The van der Waals surface area contributed by atoms with Crippen molar-refractivity contribution in [2.75, 3.05) is 32.2 Å². The molecule has 0 unspecified atom stereocenters. The fraction of sp³-hybridized carbons (Fsp3) is 0.292. The Hall–Kier alpha value is -3.46. The van der Waals surface area contributed by atoms with E-state index in [1.807, 2.05) is 12.1 Å². The van der Waals surface area contributed by atoms with E-state index in [2.05, 4.69) is 4.90 Å². The van der Waals surface area contributed by atoms with Crippen molar-refractivity contribution in [3.63, 3.8) is 0 Å². The van der Waals surface area contributed by atoms with E-state index >= 15 is 0 Å². The number of methoxy groups -OCH3 is 2. The number of rotatable bonds is 6. The smallest absolute Gasteiger partial charge is 0.294 e. The molecule has 0 radical (unpaired) electrons. The molecule has 1 saturated heterocycles. The highest BCUT2D eigenvalue weighted by Crippen LogP contribution is 2.35. The van der Waals surface area contributed by atoms with Crippen molar-refractivity contribution in [2.24, 2.45) is 0 Å². The summed E-state index contributed by atoms with van der Waals surface area (Å²) in [6.07, 6.45) is 2.22. The number of benzene rings is 2. The van der Waals surface area contributed by atoms with E-state index in [1.54, 1.807) is 32.4 Å². The van der Waals surface area contributed by atoms with E-state index < -0.39 is 0 Å². The van der Waals surface area contributed by atoms with Crippen molar-refractivity contribution < 1.29 is 13.9 Å². The molecule has 170 valence electrons. The van der Waals surface area contributed by atoms with E-state index in [1.165, 1.54) is 28.2 Å². The van der Waals surface area contributed by atoms with E-state index in [0.29, 0.717) is 27.4 Å². The van der Waals surface area contributed by atoms with Crippen molar-refractivity contribution in [3.8, 4) is 22.8 Å². The van der Waals surface area contributed by atoms with Crippen LogP contribution in [0, 0.1) is 5.82 Å². The predicted octanol–water partition coefficient (Wildman–Crippen LogP) is 4.32.